The highest BCUT2D eigenvalue weighted by atomic mass is 32.1. The van der Waals surface area contributed by atoms with Crippen molar-refractivity contribution >= 4 is 29.1 Å². The van der Waals surface area contributed by atoms with Gasteiger partial charge >= 0.3 is 5.97 Å². The van der Waals surface area contributed by atoms with Crippen LogP contribution in [0.1, 0.15) is 21.8 Å². The van der Waals surface area contributed by atoms with Gasteiger partial charge in [0.2, 0.25) is 0 Å². The van der Waals surface area contributed by atoms with Crippen molar-refractivity contribution in [1.29, 1.82) is 0 Å². The average molecular weight is 302 g/mol. The molecule has 1 N–H and O–H groups in total. The first-order valence-corrected chi connectivity index (χ1v) is 7.47. The molecule has 1 aromatic heterocycles. The Kier molecular flexibility index (Phi) is 4.75. The van der Waals surface area contributed by atoms with Gasteiger partial charge < -0.3 is 10.0 Å². The first kappa shape index (κ1) is 15.3. The predicted octanol–water partition coefficient (Wildman–Crippen LogP) is 3.49. The van der Waals surface area contributed by atoms with E-state index in [2.05, 4.69) is 21.3 Å². The molecule has 0 spiro atoms. The lowest BCUT2D eigenvalue weighted by Crippen LogP contribution is -2.16. The van der Waals surface area contributed by atoms with Gasteiger partial charge in [-0.25, -0.2) is 9.78 Å². The van der Waals surface area contributed by atoms with Gasteiger partial charge in [0, 0.05) is 24.2 Å². The minimum Gasteiger partial charge on any atom is -0.478 e. The molecule has 0 saturated heterocycles. The molecule has 0 unspecified atom stereocenters. The zero-order valence-corrected chi connectivity index (χ0v) is 13.1. The van der Waals surface area contributed by atoms with Crippen LogP contribution in [0.15, 0.2) is 29.7 Å². The predicted molar refractivity (Wildman–Crippen MR) is 86.8 cm³/mol. The Labute approximate surface area is 128 Å². The first-order chi connectivity index (χ1) is 9.95. The fourth-order valence-electron chi connectivity index (χ4n) is 2.06. The second-order valence-corrected chi connectivity index (χ2v) is 5.99. The number of carboxylic acids is 1. The number of hydrogen-bond donors (Lipinski definition) is 1. The number of benzene rings is 1. The molecule has 2 rings (SSSR count). The largest absolute Gasteiger partial charge is 0.478 e. The molecule has 110 valence electrons. The molecule has 0 saturated carbocycles. The van der Waals surface area contributed by atoms with Gasteiger partial charge in [-0.15, -0.1) is 11.3 Å². The van der Waals surface area contributed by atoms with Crippen molar-refractivity contribution in [2.75, 3.05) is 11.9 Å². The monoisotopic (exact) mass is 302 g/mol. The van der Waals surface area contributed by atoms with Gasteiger partial charge in [0.05, 0.1) is 17.2 Å². The third-order valence-corrected chi connectivity index (χ3v) is 3.99. The zero-order chi connectivity index (χ0) is 15.4. The quantitative estimate of drug-likeness (QED) is 0.859. The lowest BCUT2D eigenvalue weighted by Gasteiger charge is -2.19. The van der Waals surface area contributed by atoms with Gasteiger partial charge in [-0.1, -0.05) is 6.07 Å². The van der Waals surface area contributed by atoms with Crippen LogP contribution in [0.2, 0.25) is 0 Å². The van der Waals surface area contributed by atoms with Crippen LogP contribution in [0, 0.1) is 13.8 Å². The molecule has 0 amide bonds. The lowest BCUT2D eigenvalue weighted by atomic mass is 10.1. The van der Waals surface area contributed by atoms with Crippen LogP contribution in [0.3, 0.4) is 0 Å². The molecule has 4 nitrogen and oxygen atoms in total. The van der Waals surface area contributed by atoms with E-state index in [9.17, 15) is 4.79 Å². The van der Waals surface area contributed by atoms with Crippen molar-refractivity contribution in [2.45, 2.75) is 20.4 Å². The highest BCUT2D eigenvalue weighted by molar-refractivity contribution is 7.09. The summed E-state index contributed by atoms with van der Waals surface area (Å²) in [7, 11) is 2.02. The second kappa shape index (κ2) is 6.54. The van der Waals surface area contributed by atoms with Gasteiger partial charge in [0.15, 0.2) is 0 Å². The van der Waals surface area contributed by atoms with E-state index in [1.54, 1.807) is 17.4 Å². The van der Waals surface area contributed by atoms with E-state index in [1.807, 2.05) is 33.0 Å². The average Bonchev–Trinajstić information content (AvgIpc) is 2.82. The highest BCUT2D eigenvalue weighted by Gasteiger charge is 2.06. The summed E-state index contributed by atoms with van der Waals surface area (Å²) in [5.41, 5.74) is 4.11. The minimum atomic E-state index is -0.936. The molecule has 0 atom stereocenters. The Bertz CT molecular complexity index is 677. The van der Waals surface area contributed by atoms with Crippen LogP contribution in [0.25, 0.3) is 6.08 Å². The van der Waals surface area contributed by atoms with E-state index in [0.717, 1.165) is 40.1 Å². The first-order valence-electron chi connectivity index (χ1n) is 6.59. The summed E-state index contributed by atoms with van der Waals surface area (Å²) in [6.45, 7) is 4.74. The number of hydrogen-bond acceptors (Lipinski definition) is 4. The van der Waals surface area contributed by atoms with Gasteiger partial charge in [-0.05, 0) is 43.2 Å². The molecule has 0 aliphatic heterocycles. The normalized spacial score (nSPS) is 11.0. The molecular weight excluding hydrogens is 284 g/mol. The zero-order valence-electron chi connectivity index (χ0n) is 12.3. The maximum atomic E-state index is 10.6. The summed E-state index contributed by atoms with van der Waals surface area (Å²) in [5, 5.41) is 11.8. The van der Waals surface area contributed by atoms with Crippen LogP contribution >= 0.6 is 11.3 Å². The molecule has 0 bridgehead atoms. The fraction of sp³-hybridized carbons (Fsp3) is 0.250. The van der Waals surface area contributed by atoms with Crippen LogP contribution in [-0.4, -0.2) is 23.1 Å². The minimum absolute atomic E-state index is 0.758. The van der Waals surface area contributed by atoms with Gasteiger partial charge in [0.25, 0.3) is 0 Å². The fourth-order valence-corrected chi connectivity index (χ4v) is 2.66. The SMILES string of the molecule is Cc1nc(CN(C)c2ccc(C=CC(=O)O)c(C)c2)cs1. The number of carboxylic acid groups (broad SMARTS) is 1. The molecule has 1 aromatic carbocycles. The molecule has 2 aromatic rings. The van der Waals surface area contributed by atoms with Crippen molar-refractivity contribution in [3.63, 3.8) is 0 Å². The number of aromatic nitrogens is 1. The van der Waals surface area contributed by atoms with E-state index < -0.39 is 5.97 Å². The molecule has 0 aliphatic carbocycles. The van der Waals surface area contributed by atoms with E-state index >= 15 is 0 Å². The summed E-state index contributed by atoms with van der Waals surface area (Å²) in [5.74, 6) is -0.936. The van der Waals surface area contributed by atoms with Gasteiger partial charge in [-0.2, -0.15) is 0 Å². The number of aryl methyl sites for hydroxylation is 2. The Morgan fingerprint density at radius 3 is 2.76 bits per heavy atom. The van der Waals surface area contributed by atoms with Crippen LogP contribution < -0.4 is 4.90 Å². The van der Waals surface area contributed by atoms with E-state index in [-0.39, 0.29) is 0 Å². The van der Waals surface area contributed by atoms with Gasteiger partial charge in [-0.3, -0.25) is 0 Å². The molecular formula is C16H18N2O2S. The molecule has 5 heteroatoms. The van der Waals surface area contributed by atoms with E-state index in [4.69, 9.17) is 5.11 Å². The standard InChI is InChI=1S/C16H18N2O2S/c1-11-8-15(6-4-13(11)5-7-16(19)20)18(3)9-14-10-21-12(2)17-14/h4-8,10H,9H2,1-3H3,(H,19,20). The molecule has 0 radical (unpaired) electrons. The van der Waals surface area contributed by atoms with Crippen LogP contribution in [-0.2, 0) is 11.3 Å². The van der Waals surface area contributed by atoms with Crippen LogP contribution in [0.5, 0.6) is 0 Å². The second-order valence-electron chi connectivity index (χ2n) is 4.93. The molecule has 0 fully saturated rings. The van der Waals surface area contributed by atoms with Crippen molar-refractivity contribution in [2.24, 2.45) is 0 Å². The number of nitrogens with zero attached hydrogens (tertiary/aromatic N) is 2. The smallest absolute Gasteiger partial charge is 0.328 e. The maximum Gasteiger partial charge on any atom is 0.328 e. The third-order valence-electron chi connectivity index (χ3n) is 3.17. The number of anilines is 1. The van der Waals surface area contributed by atoms with E-state index in [0.29, 0.717) is 0 Å². The molecule has 0 aliphatic rings. The summed E-state index contributed by atoms with van der Waals surface area (Å²) in [4.78, 5) is 17.2. The Balaban J connectivity index is 2.13. The summed E-state index contributed by atoms with van der Waals surface area (Å²) in [6, 6.07) is 5.99. The third kappa shape index (κ3) is 4.16. The summed E-state index contributed by atoms with van der Waals surface area (Å²) in [6.07, 6.45) is 2.77. The number of carbonyl (C=O) groups is 1. The number of thiazole rings is 1. The lowest BCUT2D eigenvalue weighted by molar-refractivity contribution is -0.131. The summed E-state index contributed by atoms with van der Waals surface area (Å²) < 4.78 is 0. The Morgan fingerprint density at radius 2 is 2.19 bits per heavy atom. The maximum absolute atomic E-state index is 10.6. The Hall–Kier alpha value is -2.14. The topological polar surface area (TPSA) is 53.4 Å². The summed E-state index contributed by atoms with van der Waals surface area (Å²) >= 11 is 1.65. The number of rotatable bonds is 5. The Morgan fingerprint density at radius 1 is 1.43 bits per heavy atom. The van der Waals surface area contributed by atoms with Gasteiger partial charge in [0.1, 0.15) is 0 Å². The van der Waals surface area contributed by atoms with Crippen molar-refractivity contribution < 1.29 is 9.90 Å². The highest BCUT2D eigenvalue weighted by Crippen LogP contribution is 2.21. The molecule has 1 heterocycles. The number of aliphatic carboxylic acids is 1. The molecule has 21 heavy (non-hydrogen) atoms. The van der Waals surface area contributed by atoms with E-state index in [1.165, 1.54) is 0 Å². The van der Waals surface area contributed by atoms with Crippen LogP contribution in [0.4, 0.5) is 5.69 Å². The van der Waals surface area contributed by atoms with Crippen molar-refractivity contribution in [1.82, 2.24) is 4.98 Å². The van der Waals surface area contributed by atoms with Crippen molar-refractivity contribution in [3.8, 4) is 0 Å². The van der Waals surface area contributed by atoms with Crippen molar-refractivity contribution in [3.05, 3.63) is 51.5 Å².